The maximum absolute atomic E-state index is 13.5. The molecule has 0 aliphatic heterocycles. The Labute approximate surface area is 104 Å². The van der Waals surface area contributed by atoms with E-state index in [2.05, 4.69) is 5.32 Å². The Morgan fingerprint density at radius 2 is 2.17 bits per heavy atom. The van der Waals surface area contributed by atoms with Gasteiger partial charge in [-0.05, 0) is 12.1 Å². The van der Waals surface area contributed by atoms with E-state index in [0.29, 0.717) is 5.56 Å². The van der Waals surface area contributed by atoms with E-state index >= 15 is 0 Å². The summed E-state index contributed by atoms with van der Waals surface area (Å²) < 4.78 is 23.5. The van der Waals surface area contributed by atoms with Crippen LogP contribution in [0.25, 0.3) is 0 Å². The van der Waals surface area contributed by atoms with E-state index in [0.717, 1.165) is 0 Å². The number of anilines is 1. The predicted octanol–water partition coefficient (Wildman–Crippen LogP) is 1.97. The van der Waals surface area contributed by atoms with Crippen LogP contribution >= 0.6 is 0 Å². The van der Waals surface area contributed by atoms with Gasteiger partial charge in [-0.25, -0.2) is 4.39 Å². The highest BCUT2D eigenvalue weighted by molar-refractivity contribution is 5.92. The van der Waals surface area contributed by atoms with Crippen molar-refractivity contribution < 1.29 is 18.7 Å². The number of nitrogens with one attached hydrogen (secondary N) is 1. The van der Waals surface area contributed by atoms with E-state index in [9.17, 15) is 9.18 Å². The highest BCUT2D eigenvalue weighted by Crippen LogP contribution is 2.23. The number of nitrogens with zero attached hydrogens (tertiary/aromatic N) is 1. The van der Waals surface area contributed by atoms with Gasteiger partial charge in [-0.15, -0.1) is 0 Å². The summed E-state index contributed by atoms with van der Waals surface area (Å²) in [7, 11) is 2.90. The predicted molar refractivity (Wildman–Crippen MR) is 62.0 cm³/mol. The lowest BCUT2D eigenvalue weighted by molar-refractivity contribution is -0.115. The number of halogens is 1. The molecule has 5 nitrogen and oxygen atoms in total. The van der Waals surface area contributed by atoms with Gasteiger partial charge in [0.05, 0.1) is 11.8 Å². The number of carbonyl (C=O) groups is 1. The van der Waals surface area contributed by atoms with Crippen molar-refractivity contribution in [3.63, 3.8) is 0 Å². The Hall–Kier alpha value is -1.97. The second kappa shape index (κ2) is 6.69. The summed E-state index contributed by atoms with van der Waals surface area (Å²) in [4.78, 5) is 11.2. The zero-order chi connectivity index (χ0) is 13.5. The summed E-state index contributed by atoms with van der Waals surface area (Å²) in [5, 5.41) is 10.7. The Balaban J connectivity index is 2.94. The third-order valence-electron chi connectivity index (χ3n) is 2.20. The molecule has 0 aliphatic carbocycles. The van der Waals surface area contributed by atoms with Crippen LogP contribution in [0.2, 0.25) is 0 Å². The first kappa shape index (κ1) is 14.1. The molecule has 1 rings (SSSR count). The zero-order valence-corrected chi connectivity index (χ0v) is 10.1. The number of methoxy groups -OCH3 is 2. The summed E-state index contributed by atoms with van der Waals surface area (Å²) in [6.45, 7) is 0. The molecule has 0 fully saturated rings. The molecule has 1 amide bonds. The molecule has 0 bridgehead atoms. The zero-order valence-electron chi connectivity index (χ0n) is 10.1. The lowest BCUT2D eigenvalue weighted by Crippen LogP contribution is -2.12. The van der Waals surface area contributed by atoms with Crippen LogP contribution in [0.3, 0.4) is 0 Å². The molecular weight excluding hydrogens is 239 g/mol. The third-order valence-corrected chi connectivity index (χ3v) is 2.20. The van der Waals surface area contributed by atoms with Crippen LogP contribution in [-0.2, 0) is 14.3 Å². The lowest BCUT2D eigenvalue weighted by atomic mass is 10.2. The fourth-order valence-corrected chi connectivity index (χ4v) is 1.42. The maximum atomic E-state index is 13.5. The van der Waals surface area contributed by atoms with E-state index in [1.54, 1.807) is 6.07 Å². The number of nitriles is 1. The molecule has 0 aliphatic rings. The van der Waals surface area contributed by atoms with Crippen LogP contribution in [-0.4, -0.2) is 20.1 Å². The molecule has 0 unspecified atom stereocenters. The smallest absolute Gasteiger partial charge is 0.238 e. The molecular formula is C12H13FN2O3. The minimum absolute atomic E-state index is 0.00755. The lowest BCUT2D eigenvalue weighted by Gasteiger charge is -2.15. The highest BCUT2D eigenvalue weighted by atomic mass is 19.1. The Kier molecular flexibility index (Phi) is 5.24. The molecule has 0 spiro atoms. The SMILES string of the molecule is COC(OC)c1ccc(F)c(NC(=O)CC#N)c1. The summed E-state index contributed by atoms with van der Waals surface area (Å²) in [5.74, 6) is -1.16. The first-order valence-electron chi connectivity index (χ1n) is 5.14. The Morgan fingerprint density at radius 1 is 1.50 bits per heavy atom. The largest absolute Gasteiger partial charge is 0.352 e. The second-order valence-electron chi connectivity index (χ2n) is 3.43. The number of rotatable bonds is 5. The van der Waals surface area contributed by atoms with Crippen molar-refractivity contribution in [1.82, 2.24) is 0 Å². The van der Waals surface area contributed by atoms with Crippen molar-refractivity contribution in [3.8, 4) is 6.07 Å². The first-order valence-corrected chi connectivity index (χ1v) is 5.14. The van der Waals surface area contributed by atoms with Gasteiger partial charge in [0.1, 0.15) is 12.2 Å². The van der Waals surface area contributed by atoms with E-state index in [1.807, 2.05) is 0 Å². The molecule has 96 valence electrons. The molecule has 0 radical (unpaired) electrons. The number of hydrogen-bond donors (Lipinski definition) is 1. The number of hydrogen-bond acceptors (Lipinski definition) is 4. The average molecular weight is 252 g/mol. The third kappa shape index (κ3) is 3.52. The van der Waals surface area contributed by atoms with Gasteiger partial charge >= 0.3 is 0 Å². The molecule has 1 aromatic carbocycles. The van der Waals surface area contributed by atoms with Crippen molar-refractivity contribution >= 4 is 11.6 Å². The average Bonchev–Trinajstić information content (AvgIpc) is 2.35. The molecule has 0 saturated heterocycles. The van der Waals surface area contributed by atoms with Crippen LogP contribution < -0.4 is 5.32 Å². The monoisotopic (exact) mass is 252 g/mol. The van der Waals surface area contributed by atoms with Gasteiger partial charge in [-0.1, -0.05) is 6.07 Å². The molecule has 1 N–H and O–H groups in total. The summed E-state index contributed by atoms with van der Waals surface area (Å²) in [6.07, 6.45) is -0.973. The number of amides is 1. The second-order valence-corrected chi connectivity index (χ2v) is 3.43. The van der Waals surface area contributed by atoms with Gasteiger partial charge < -0.3 is 14.8 Å². The van der Waals surface area contributed by atoms with Gasteiger partial charge in [0, 0.05) is 19.8 Å². The van der Waals surface area contributed by atoms with Crippen molar-refractivity contribution in [1.29, 1.82) is 5.26 Å². The molecule has 0 aromatic heterocycles. The van der Waals surface area contributed by atoms with Gasteiger partial charge in [0.15, 0.2) is 6.29 Å². The molecule has 6 heteroatoms. The minimum atomic E-state index is -0.641. The minimum Gasteiger partial charge on any atom is -0.352 e. The van der Waals surface area contributed by atoms with Gasteiger partial charge in [-0.2, -0.15) is 5.26 Å². The Morgan fingerprint density at radius 3 is 2.72 bits per heavy atom. The Bertz CT molecular complexity index is 467. The van der Waals surface area contributed by atoms with Gasteiger partial charge in [0.2, 0.25) is 5.91 Å². The van der Waals surface area contributed by atoms with Crippen molar-refractivity contribution in [2.45, 2.75) is 12.7 Å². The van der Waals surface area contributed by atoms with E-state index in [4.69, 9.17) is 14.7 Å². The summed E-state index contributed by atoms with van der Waals surface area (Å²) >= 11 is 0. The molecule has 0 atom stereocenters. The van der Waals surface area contributed by atoms with E-state index < -0.39 is 18.0 Å². The van der Waals surface area contributed by atoms with E-state index in [1.165, 1.54) is 32.4 Å². The van der Waals surface area contributed by atoms with Crippen LogP contribution in [0.1, 0.15) is 18.3 Å². The topological polar surface area (TPSA) is 71.3 Å². The van der Waals surface area contributed by atoms with Gasteiger partial charge in [-0.3, -0.25) is 4.79 Å². The molecule has 18 heavy (non-hydrogen) atoms. The number of carbonyl (C=O) groups excluding carboxylic acids is 1. The van der Waals surface area contributed by atoms with Crippen molar-refractivity contribution in [3.05, 3.63) is 29.6 Å². The standard InChI is InChI=1S/C12H13FN2O3/c1-17-12(18-2)8-3-4-9(13)10(7-8)15-11(16)5-6-14/h3-4,7,12H,5H2,1-2H3,(H,15,16). The van der Waals surface area contributed by atoms with Crippen LogP contribution in [0, 0.1) is 17.1 Å². The normalized spacial score (nSPS) is 10.2. The van der Waals surface area contributed by atoms with Gasteiger partial charge in [0.25, 0.3) is 0 Å². The summed E-state index contributed by atoms with van der Waals surface area (Å²) in [5.41, 5.74) is 0.556. The van der Waals surface area contributed by atoms with Crippen LogP contribution in [0.5, 0.6) is 0 Å². The van der Waals surface area contributed by atoms with Crippen LogP contribution in [0.4, 0.5) is 10.1 Å². The first-order chi connectivity index (χ1) is 8.62. The quantitative estimate of drug-likeness (QED) is 0.813. The van der Waals surface area contributed by atoms with Crippen LogP contribution in [0.15, 0.2) is 18.2 Å². The fraction of sp³-hybridized carbons (Fsp3) is 0.333. The highest BCUT2D eigenvalue weighted by Gasteiger charge is 2.13. The molecule has 1 aromatic rings. The molecule has 0 heterocycles. The van der Waals surface area contributed by atoms with E-state index in [-0.39, 0.29) is 12.1 Å². The number of benzene rings is 1. The maximum Gasteiger partial charge on any atom is 0.238 e. The summed E-state index contributed by atoms with van der Waals surface area (Å²) in [6, 6.07) is 5.78. The van der Waals surface area contributed by atoms with Crippen molar-refractivity contribution in [2.75, 3.05) is 19.5 Å². The number of ether oxygens (including phenoxy) is 2. The van der Waals surface area contributed by atoms with Crippen molar-refractivity contribution in [2.24, 2.45) is 0 Å². The fourth-order valence-electron chi connectivity index (χ4n) is 1.42. The molecule has 0 saturated carbocycles.